The molecule has 1 aliphatic heterocycles. The largest absolute Gasteiger partial charge is 0.372 e. The predicted octanol–water partition coefficient (Wildman–Crippen LogP) is 1.43. The summed E-state index contributed by atoms with van der Waals surface area (Å²) in [5.41, 5.74) is 2.72. The Balaban J connectivity index is 1.70. The lowest BCUT2D eigenvalue weighted by Gasteiger charge is -2.36. The summed E-state index contributed by atoms with van der Waals surface area (Å²) in [5, 5.41) is 5.35. The van der Waals surface area contributed by atoms with Crippen molar-refractivity contribution in [3.63, 3.8) is 0 Å². The van der Waals surface area contributed by atoms with E-state index in [0.717, 1.165) is 18.8 Å². The van der Waals surface area contributed by atoms with Crippen LogP contribution in [0.3, 0.4) is 0 Å². The van der Waals surface area contributed by atoms with Gasteiger partial charge in [-0.2, -0.15) is 0 Å². The van der Waals surface area contributed by atoms with Crippen molar-refractivity contribution >= 4 is 11.3 Å². The first kappa shape index (κ1) is 12.0. The smallest absolute Gasteiger partial charge is 0.0940 e. The zero-order chi connectivity index (χ0) is 11.4. The van der Waals surface area contributed by atoms with E-state index in [9.17, 15) is 0 Å². The van der Waals surface area contributed by atoms with Crippen LogP contribution in [0.15, 0.2) is 10.9 Å². The summed E-state index contributed by atoms with van der Waals surface area (Å²) >= 11 is 1.59. The van der Waals surface area contributed by atoms with Gasteiger partial charge in [-0.1, -0.05) is 0 Å². The summed E-state index contributed by atoms with van der Waals surface area (Å²) in [5.74, 6) is 0. The number of nitrogens with zero attached hydrogens (tertiary/aromatic N) is 1. The second-order valence-electron chi connectivity index (χ2n) is 4.63. The minimum Gasteiger partial charge on any atom is -0.372 e. The highest BCUT2D eigenvalue weighted by atomic mass is 32.1. The van der Waals surface area contributed by atoms with E-state index in [0.29, 0.717) is 13.2 Å². The Morgan fingerprint density at radius 1 is 1.69 bits per heavy atom. The molecular weight excluding hydrogens is 224 g/mol. The van der Waals surface area contributed by atoms with Crippen molar-refractivity contribution in [1.29, 1.82) is 0 Å². The highest BCUT2D eigenvalue weighted by molar-refractivity contribution is 7.07. The first-order valence-corrected chi connectivity index (χ1v) is 6.43. The molecule has 90 valence electrons. The molecular formula is C11H18N2O2S. The third-order valence-electron chi connectivity index (χ3n) is 2.45. The predicted molar refractivity (Wildman–Crippen MR) is 63.6 cm³/mol. The summed E-state index contributed by atoms with van der Waals surface area (Å²) in [7, 11) is 0. The lowest BCUT2D eigenvalue weighted by atomic mass is 10.1. The molecule has 1 unspecified atom stereocenters. The van der Waals surface area contributed by atoms with Crippen molar-refractivity contribution in [1.82, 2.24) is 10.3 Å². The van der Waals surface area contributed by atoms with Crippen LogP contribution >= 0.6 is 11.3 Å². The summed E-state index contributed by atoms with van der Waals surface area (Å²) in [6, 6.07) is 0. The van der Waals surface area contributed by atoms with Gasteiger partial charge in [-0.25, -0.2) is 4.98 Å². The van der Waals surface area contributed by atoms with Crippen LogP contribution in [0.5, 0.6) is 0 Å². The second-order valence-corrected chi connectivity index (χ2v) is 5.34. The average Bonchev–Trinajstić information content (AvgIpc) is 2.69. The molecule has 1 fully saturated rings. The summed E-state index contributed by atoms with van der Waals surface area (Å²) < 4.78 is 11.5. The van der Waals surface area contributed by atoms with Crippen molar-refractivity contribution in [3.05, 3.63) is 16.6 Å². The van der Waals surface area contributed by atoms with Crippen LogP contribution in [-0.2, 0) is 16.1 Å². The SMILES string of the molecule is CC1(C)CNCC(COCc2cscn2)O1. The van der Waals surface area contributed by atoms with E-state index in [2.05, 4.69) is 24.1 Å². The Morgan fingerprint density at radius 3 is 3.25 bits per heavy atom. The molecule has 4 nitrogen and oxygen atoms in total. The average molecular weight is 242 g/mol. The molecule has 2 heterocycles. The van der Waals surface area contributed by atoms with Crippen molar-refractivity contribution in [2.75, 3.05) is 19.7 Å². The van der Waals surface area contributed by atoms with E-state index in [4.69, 9.17) is 9.47 Å². The van der Waals surface area contributed by atoms with Crippen LogP contribution in [0.2, 0.25) is 0 Å². The highest BCUT2D eigenvalue weighted by Crippen LogP contribution is 2.15. The molecule has 0 saturated carbocycles. The number of hydrogen-bond acceptors (Lipinski definition) is 5. The fourth-order valence-electron chi connectivity index (χ4n) is 1.77. The standard InChI is InChI=1S/C11H18N2O2S/c1-11(2)7-12-3-10(15-11)5-14-4-9-6-16-8-13-9/h6,8,10,12H,3-5,7H2,1-2H3. The maximum atomic E-state index is 5.89. The van der Waals surface area contributed by atoms with Crippen molar-refractivity contribution in [2.45, 2.75) is 32.2 Å². The zero-order valence-corrected chi connectivity index (χ0v) is 10.5. The maximum Gasteiger partial charge on any atom is 0.0940 e. The fraction of sp³-hybridized carbons (Fsp3) is 0.727. The van der Waals surface area contributed by atoms with Gasteiger partial charge < -0.3 is 14.8 Å². The Bertz CT molecular complexity index is 314. The minimum atomic E-state index is -0.0904. The van der Waals surface area contributed by atoms with Gasteiger partial charge in [-0.3, -0.25) is 0 Å². The van der Waals surface area contributed by atoms with Crippen molar-refractivity contribution < 1.29 is 9.47 Å². The number of aromatic nitrogens is 1. The Hall–Kier alpha value is -0.490. The summed E-state index contributed by atoms with van der Waals surface area (Å²) in [6.45, 7) is 7.13. The Kier molecular flexibility index (Phi) is 3.91. The van der Waals surface area contributed by atoms with Crippen LogP contribution in [0, 0.1) is 0 Å². The third kappa shape index (κ3) is 3.52. The highest BCUT2D eigenvalue weighted by Gasteiger charge is 2.28. The molecule has 5 heteroatoms. The third-order valence-corrected chi connectivity index (χ3v) is 3.08. The molecule has 0 amide bonds. The van der Waals surface area contributed by atoms with Crippen LogP contribution in [0.25, 0.3) is 0 Å². The van der Waals surface area contributed by atoms with Gasteiger partial charge in [0, 0.05) is 18.5 Å². The first-order valence-electron chi connectivity index (χ1n) is 5.49. The lowest BCUT2D eigenvalue weighted by molar-refractivity contribution is -0.122. The molecule has 0 spiro atoms. The molecule has 0 bridgehead atoms. The summed E-state index contributed by atoms with van der Waals surface area (Å²) in [6.07, 6.45) is 0.141. The molecule has 1 N–H and O–H groups in total. The monoisotopic (exact) mass is 242 g/mol. The van der Waals surface area contributed by atoms with E-state index in [-0.39, 0.29) is 11.7 Å². The van der Waals surface area contributed by atoms with Gasteiger partial charge in [0.05, 0.1) is 36.1 Å². The Labute approximate surface area is 100.0 Å². The summed E-state index contributed by atoms with van der Waals surface area (Å²) in [4.78, 5) is 4.16. The van der Waals surface area contributed by atoms with E-state index in [1.807, 2.05) is 10.9 Å². The minimum absolute atomic E-state index is 0.0904. The molecule has 1 saturated heterocycles. The second kappa shape index (κ2) is 5.23. The van der Waals surface area contributed by atoms with Gasteiger partial charge in [0.15, 0.2) is 0 Å². The van der Waals surface area contributed by atoms with Crippen molar-refractivity contribution in [2.24, 2.45) is 0 Å². The van der Waals surface area contributed by atoms with Gasteiger partial charge in [-0.05, 0) is 13.8 Å². The molecule has 1 aromatic heterocycles. The van der Waals surface area contributed by atoms with Gasteiger partial charge in [0.2, 0.25) is 0 Å². The molecule has 0 aromatic carbocycles. The van der Waals surface area contributed by atoms with E-state index in [1.165, 1.54) is 0 Å². The van der Waals surface area contributed by atoms with Crippen LogP contribution < -0.4 is 5.32 Å². The molecule has 1 aliphatic rings. The number of hydrogen-bond donors (Lipinski definition) is 1. The lowest BCUT2D eigenvalue weighted by Crippen LogP contribution is -2.51. The topological polar surface area (TPSA) is 43.4 Å². The normalized spacial score (nSPS) is 24.5. The molecule has 2 rings (SSSR count). The van der Waals surface area contributed by atoms with E-state index in [1.54, 1.807) is 11.3 Å². The molecule has 1 aromatic rings. The first-order chi connectivity index (χ1) is 7.66. The molecule has 1 atom stereocenters. The fourth-order valence-corrected chi connectivity index (χ4v) is 2.31. The molecule has 0 radical (unpaired) electrons. The van der Waals surface area contributed by atoms with E-state index < -0.39 is 0 Å². The quantitative estimate of drug-likeness (QED) is 0.867. The van der Waals surface area contributed by atoms with Crippen LogP contribution in [-0.4, -0.2) is 36.4 Å². The number of morpholine rings is 1. The number of rotatable bonds is 4. The van der Waals surface area contributed by atoms with E-state index >= 15 is 0 Å². The molecule has 0 aliphatic carbocycles. The maximum absolute atomic E-state index is 5.89. The zero-order valence-electron chi connectivity index (χ0n) is 9.73. The van der Waals surface area contributed by atoms with Gasteiger partial charge >= 0.3 is 0 Å². The molecule has 16 heavy (non-hydrogen) atoms. The van der Waals surface area contributed by atoms with Gasteiger partial charge in [0.25, 0.3) is 0 Å². The van der Waals surface area contributed by atoms with Crippen molar-refractivity contribution in [3.8, 4) is 0 Å². The van der Waals surface area contributed by atoms with Gasteiger partial charge in [-0.15, -0.1) is 11.3 Å². The Morgan fingerprint density at radius 2 is 2.56 bits per heavy atom. The van der Waals surface area contributed by atoms with Crippen LogP contribution in [0.4, 0.5) is 0 Å². The van der Waals surface area contributed by atoms with Gasteiger partial charge in [0.1, 0.15) is 0 Å². The van der Waals surface area contributed by atoms with Crippen LogP contribution in [0.1, 0.15) is 19.5 Å². The number of thiazole rings is 1. The number of nitrogens with one attached hydrogen (secondary N) is 1. The number of ether oxygens (including phenoxy) is 2.